The van der Waals surface area contributed by atoms with Gasteiger partial charge in [0, 0.05) is 48.1 Å². The van der Waals surface area contributed by atoms with Crippen LogP contribution in [0.4, 0.5) is 11.4 Å². The Morgan fingerprint density at radius 1 is 0.862 bits per heavy atom. The number of aromatic nitrogens is 6. The number of halogens is 2. The SMILES string of the molecule is CCC(C)n1ncn(-c2ccc(N3CCN(c4ccc(OCC5COC(Cn6cncn6)(c6ccc(Cl)cc6Cl)O5)cc4)CC3)c(C3CCCCCCCC3)c2)c1=O. The van der Waals surface area contributed by atoms with E-state index >= 15 is 0 Å². The Labute approximate surface area is 350 Å². The van der Waals surface area contributed by atoms with E-state index in [0.717, 1.165) is 44.0 Å². The number of hydrogen-bond donors (Lipinski definition) is 0. The molecule has 0 N–H and O–H groups in total. The van der Waals surface area contributed by atoms with Crippen LogP contribution in [-0.4, -0.2) is 74.6 Å². The molecule has 0 spiro atoms. The highest BCUT2D eigenvalue weighted by atomic mass is 35.5. The molecule has 2 saturated heterocycles. The van der Waals surface area contributed by atoms with E-state index in [1.54, 1.807) is 38.7 Å². The molecule has 0 radical (unpaired) electrons. The quantitative estimate of drug-likeness (QED) is 0.122. The van der Waals surface area contributed by atoms with E-state index in [2.05, 4.69) is 62.2 Å². The van der Waals surface area contributed by atoms with Gasteiger partial charge in [-0.1, -0.05) is 74.7 Å². The van der Waals surface area contributed by atoms with Crippen LogP contribution < -0.4 is 20.2 Å². The van der Waals surface area contributed by atoms with Gasteiger partial charge >= 0.3 is 5.69 Å². The molecule has 12 nitrogen and oxygen atoms in total. The summed E-state index contributed by atoms with van der Waals surface area (Å²) in [5.41, 5.74) is 5.35. The van der Waals surface area contributed by atoms with Crippen molar-refractivity contribution in [1.29, 1.82) is 0 Å². The zero-order valence-corrected chi connectivity index (χ0v) is 35.0. The minimum absolute atomic E-state index is 0.0588. The van der Waals surface area contributed by atoms with E-state index in [0.29, 0.717) is 34.7 Å². The molecule has 3 aromatic carbocycles. The van der Waals surface area contributed by atoms with Crippen molar-refractivity contribution in [3.63, 3.8) is 0 Å². The number of piperazine rings is 1. The maximum Gasteiger partial charge on any atom is 0.350 e. The van der Waals surface area contributed by atoms with Gasteiger partial charge in [0.15, 0.2) is 0 Å². The molecular weight excluding hydrogens is 775 g/mol. The summed E-state index contributed by atoms with van der Waals surface area (Å²) in [6.07, 6.45) is 15.4. The lowest BCUT2D eigenvalue weighted by atomic mass is 9.87. The third kappa shape index (κ3) is 8.95. The molecule has 0 amide bonds. The van der Waals surface area contributed by atoms with E-state index in [-0.39, 0.29) is 24.4 Å². The van der Waals surface area contributed by atoms with Crippen molar-refractivity contribution >= 4 is 34.6 Å². The van der Waals surface area contributed by atoms with Crippen LogP contribution in [0.25, 0.3) is 5.69 Å². The summed E-state index contributed by atoms with van der Waals surface area (Å²) < 4.78 is 24.1. The Kier molecular flexibility index (Phi) is 12.7. The molecule has 3 unspecified atom stereocenters. The summed E-state index contributed by atoms with van der Waals surface area (Å²) in [5.74, 6) is 0.0713. The standard InChI is InChI=1S/C44H54Cl2N8O4/c1-3-32(2)54-43(55)53(31-49-54)36-15-19-42(39(25-36)33-10-8-6-4-5-7-9-11-33)51-22-20-50(21-23-51)35-13-16-37(17-14-35)56-26-38-27-57-44(58-38,28-52-30-47-29-48-52)40-18-12-34(45)24-41(40)46/h12-19,24-25,29-33,38H,3-11,20-23,26-28H2,1-2H3. The summed E-state index contributed by atoms with van der Waals surface area (Å²) in [4.78, 5) is 22.5. The number of nitrogens with zero attached hydrogens (tertiary/aromatic N) is 8. The van der Waals surface area contributed by atoms with Gasteiger partial charge in [0.1, 0.15) is 44.0 Å². The van der Waals surface area contributed by atoms with Gasteiger partial charge in [-0.3, -0.25) is 0 Å². The Morgan fingerprint density at radius 3 is 2.29 bits per heavy atom. The molecule has 308 valence electrons. The molecule has 0 bridgehead atoms. The fourth-order valence-electron chi connectivity index (χ4n) is 8.65. The summed E-state index contributed by atoms with van der Waals surface area (Å²) >= 11 is 12.8. The highest BCUT2D eigenvalue weighted by Gasteiger charge is 2.45. The molecule has 5 aromatic rings. The largest absolute Gasteiger partial charge is 0.491 e. The predicted octanol–water partition coefficient (Wildman–Crippen LogP) is 8.80. The Bertz CT molecular complexity index is 2160. The van der Waals surface area contributed by atoms with Crippen LogP contribution in [-0.2, 0) is 21.8 Å². The molecule has 1 aliphatic carbocycles. The summed E-state index contributed by atoms with van der Waals surface area (Å²) in [5, 5.41) is 9.73. The van der Waals surface area contributed by atoms with Crippen LogP contribution in [0.2, 0.25) is 10.0 Å². The monoisotopic (exact) mass is 828 g/mol. The lowest BCUT2D eigenvalue weighted by Crippen LogP contribution is -2.47. The van der Waals surface area contributed by atoms with Gasteiger partial charge in [-0.05, 0) is 92.3 Å². The van der Waals surface area contributed by atoms with Gasteiger partial charge in [-0.2, -0.15) is 10.2 Å². The highest BCUT2D eigenvalue weighted by molar-refractivity contribution is 6.35. The second kappa shape index (κ2) is 18.3. The molecule has 58 heavy (non-hydrogen) atoms. The fraction of sp³-hybridized carbons (Fsp3) is 0.500. The maximum absolute atomic E-state index is 13.4. The van der Waals surface area contributed by atoms with Gasteiger partial charge in [0.05, 0.1) is 23.4 Å². The van der Waals surface area contributed by atoms with Gasteiger partial charge < -0.3 is 24.0 Å². The van der Waals surface area contributed by atoms with Crippen LogP contribution in [0.1, 0.15) is 94.7 Å². The first-order valence-electron chi connectivity index (χ1n) is 20.9. The Balaban J connectivity index is 0.919. The summed E-state index contributed by atoms with van der Waals surface area (Å²) in [6, 6.07) is 20.3. The van der Waals surface area contributed by atoms with E-state index in [1.807, 2.05) is 25.1 Å². The van der Waals surface area contributed by atoms with Crippen LogP contribution >= 0.6 is 23.2 Å². The van der Waals surface area contributed by atoms with E-state index in [4.69, 9.17) is 37.4 Å². The number of anilines is 2. The summed E-state index contributed by atoms with van der Waals surface area (Å²) in [6.45, 7) is 8.66. The van der Waals surface area contributed by atoms with Crippen molar-refractivity contribution in [1.82, 2.24) is 29.1 Å². The second-order valence-electron chi connectivity index (χ2n) is 15.9. The molecule has 3 atom stereocenters. The number of benzene rings is 3. The fourth-order valence-corrected chi connectivity index (χ4v) is 9.20. The third-order valence-corrected chi connectivity index (χ3v) is 12.6. The molecule has 3 aliphatic rings. The Hall–Kier alpha value is -4.36. The first-order valence-corrected chi connectivity index (χ1v) is 21.7. The number of rotatable bonds is 12. The first kappa shape index (κ1) is 40.4. The second-order valence-corrected chi connectivity index (χ2v) is 16.8. The van der Waals surface area contributed by atoms with Crippen molar-refractivity contribution < 1.29 is 14.2 Å². The van der Waals surface area contributed by atoms with Crippen molar-refractivity contribution in [3.05, 3.63) is 111 Å². The van der Waals surface area contributed by atoms with Crippen molar-refractivity contribution in [2.45, 2.75) is 102 Å². The normalized spacial score (nSPS) is 21.4. The minimum Gasteiger partial charge on any atom is -0.491 e. The molecule has 14 heteroatoms. The lowest BCUT2D eigenvalue weighted by Gasteiger charge is -2.39. The van der Waals surface area contributed by atoms with Crippen molar-refractivity contribution in [2.75, 3.05) is 49.2 Å². The van der Waals surface area contributed by atoms with E-state index < -0.39 is 5.79 Å². The number of ether oxygens (including phenoxy) is 3. The zero-order chi connectivity index (χ0) is 40.1. The first-order chi connectivity index (χ1) is 28.3. The molecule has 8 rings (SSSR count). The lowest BCUT2D eigenvalue weighted by molar-refractivity contribution is -0.190. The molecule has 4 heterocycles. The smallest absolute Gasteiger partial charge is 0.350 e. The van der Waals surface area contributed by atoms with Crippen LogP contribution in [0.3, 0.4) is 0 Å². The predicted molar refractivity (Wildman–Crippen MR) is 228 cm³/mol. The van der Waals surface area contributed by atoms with Crippen molar-refractivity contribution in [3.8, 4) is 11.4 Å². The maximum atomic E-state index is 13.4. The average molecular weight is 830 g/mol. The van der Waals surface area contributed by atoms with Crippen LogP contribution in [0.15, 0.2) is 84.4 Å². The molecule has 2 aliphatic heterocycles. The van der Waals surface area contributed by atoms with Gasteiger partial charge in [0.25, 0.3) is 0 Å². The van der Waals surface area contributed by atoms with Crippen LogP contribution in [0.5, 0.6) is 5.75 Å². The molecule has 3 fully saturated rings. The van der Waals surface area contributed by atoms with Crippen molar-refractivity contribution in [2.24, 2.45) is 0 Å². The number of hydrogen-bond acceptors (Lipinski definition) is 9. The van der Waals surface area contributed by atoms with E-state index in [9.17, 15) is 4.79 Å². The minimum atomic E-state index is -1.16. The van der Waals surface area contributed by atoms with Gasteiger partial charge in [-0.15, -0.1) is 0 Å². The average Bonchev–Trinajstić information content (AvgIpc) is 4.02. The Morgan fingerprint density at radius 2 is 1.59 bits per heavy atom. The molecule has 2 aromatic heterocycles. The van der Waals surface area contributed by atoms with Gasteiger partial charge in [-0.25, -0.2) is 23.7 Å². The molecular formula is C44H54Cl2N8O4. The summed E-state index contributed by atoms with van der Waals surface area (Å²) in [7, 11) is 0. The molecule has 1 saturated carbocycles. The van der Waals surface area contributed by atoms with Gasteiger partial charge in [0.2, 0.25) is 5.79 Å². The topological polar surface area (TPSA) is 105 Å². The third-order valence-electron chi connectivity index (χ3n) is 12.1. The highest BCUT2D eigenvalue weighted by Crippen LogP contribution is 2.41. The van der Waals surface area contributed by atoms with Crippen LogP contribution in [0, 0.1) is 0 Å². The van der Waals surface area contributed by atoms with E-state index in [1.165, 1.54) is 74.6 Å². The zero-order valence-electron chi connectivity index (χ0n) is 33.5.